The number of hydrogen-bond donors (Lipinski definition) is 0. The van der Waals surface area contributed by atoms with E-state index < -0.39 is 0 Å². The number of amides is 2. The zero-order valence-electron chi connectivity index (χ0n) is 20.1. The summed E-state index contributed by atoms with van der Waals surface area (Å²) in [6.45, 7) is 7.35. The van der Waals surface area contributed by atoms with Crippen LogP contribution < -0.4 is 4.90 Å². The van der Waals surface area contributed by atoms with Crippen molar-refractivity contribution in [2.75, 3.05) is 31.1 Å². The molecule has 35 heavy (non-hydrogen) atoms. The van der Waals surface area contributed by atoms with Gasteiger partial charge in [-0.25, -0.2) is 0 Å². The quantitative estimate of drug-likeness (QED) is 0.509. The number of nitrogens with zero attached hydrogens (tertiary/aromatic N) is 5. The molecule has 0 saturated carbocycles. The minimum atomic E-state index is -0.0870. The third-order valence-electron chi connectivity index (χ3n) is 6.24. The van der Waals surface area contributed by atoms with Crippen molar-refractivity contribution in [2.24, 2.45) is 0 Å². The molecule has 184 valence electrons. The monoisotopic (exact) mass is 511 g/mol. The van der Waals surface area contributed by atoms with E-state index in [0.717, 1.165) is 42.3 Å². The van der Waals surface area contributed by atoms with E-state index in [2.05, 4.69) is 26.6 Å². The van der Waals surface area contributed by atoms with Crippen LogP contribution in [0.1, 0.15) is 46.8 Å². The Labute approximate surface area is 215 Å². The zero-order chi connectivity index (χ0) is 24.8. The summed E-state index contributed by atoms with van der Waals surface area (Å²) >= 11 is 7.50. The van der Waals surface area contributed by atoms with Crippen LogP contribution >= 0.6 is 23.1 Å². The SMILES string of the molecule is CCc1nnsc1C(=O)N1CCN(Cc2ccccc2)CCCN(C(C)=O)c2ccc(Cl)cc2C1. The lowest BCUT2D eigenvalue weighted by atomic mass is 10.1. The van der Waals surface area contributed by atoms with Crippen molar-refractivity contribution >= 4 is 40.6 Å². The van der Waals surface area contributed by atoms with Crippen LogP contribution in [-0.4, -0.2) is 57.4 Å². The van der Waals surface area contributed by atoms with Crippen LogP contribution in [0.4, 0.5) is 5.69 Å². The Balaban J connectivity index is 1.69. The Morgan fingerprint density at radius 2 is 1.86 bits per heavy atom. The zero-order valence-corrected chi connectivity index (χ0v) is 21.7. The summed E-state index contributed by atoms with van der Waals surface area (Å²) in [4.78, 5) is 32.9. The van der Waals surface area contributed by atoms with Gasteiger partial charge in [0.2, 0.25) is 5.91 Å². The van der Waals surface area contributed by atoms with E-state index in [0.29, 0.717) is 48.2 Å². The summed E-state index contributed by atoms with van der Waals surface area (Å²) in [5, 5.41) is 4.72. The van der Waals surface area contributed by atoms with E-state index in [1.54, 1.807) is 17.9 Å². The highest BCUT2D eigenvalue weighted by molar-refractivity contribution is 7.08. The van der Waals surface area contributed by atoms with Crippen molar-refractivity contribution in [3.05, 3.63) is 75.3 Å². The molecule has 0 fully saturated rings. The first-order valence-corrected chi connectivity index (χ1v) is 13.0. The summed E-state index contributed by atoms with van der Waals surface area (Å²) in [5.74, 6) is -0.115. The van der Waals surface area contributed by atoms with Gasteiger partial charge in [-0.15, -0.1) is 5.10 Å². The first-order chi connectivity index (χ1) is 17.0. The Kier molecular flexibility index (Phi) is 8.49. The Morgan fingerprint density at radius 1 is 1.06 bits per heavy atom. The van der Waals surface area contributed by atoms with E-state index in [1.807, 2.05) is 42.2 Å². The summed E-state index contributed by atoms with van der Waals surface area (Å²) in [6.07, 6.45) is 1.47. The molecule has 1 aliphatic heterocycles. The fourth-order valence-electron chi connectivity index (χ4n) is 4.42. The van der Waals surface area contributed by atoms with Gasteiger partial charge in [0.05, 0.1) is 5.69 Å². The van der Waals surface area contributed by atoms with Crippen molar-refractivity contribution < 1.29 is 9.59 Å². The maximum Gasteiger partial charge on any atom is 0.267 e. The van der Waals surface area contributed by atoms with E-state index in [9.17, 15) is 9.59 Å². The number of anilines is 1. The predicted molar refractivity (Wildman–Crippen MR) is 140 cm³/mol. The molecule has 0 atom stereocenters. The van der Waals surface area contributed by atoms with Crippen LogP contribution in [0.15, 0.2) is 48.5 Å². The predicted octanol–water partition coefficient (Wildman–Crippen LogP) is 4.66. The lowest BCUT2D eigenvalue weighted by Crippen LogP contribution is -2.38. The van der Waals surface area contributed by atoms with Gasteiger partial charge in [0.15, 0.2) is 0 Å². The van der Waals surface area contributed by atoms with Gasteiger partial charge in [-0.05, 0) is 53.7 Å². The second kappa shape index (κ2) is 11.7. The van der Waals surface area contributed by atoms with Gasteiger partial charge in [-0.2, -0.15) is 0 Å². The molecule has 2 amide bonds. The van der Waals surface area contributed by atoms with E-state index in [-0.39, 0.29) is 11.8 Å². The van der Waals surface area contributed by atoms with Crippen molar-refractivity contribution in [1.82, 2.24) is 19.4 Å². The van der Waals surface area contributed by atoms with E-state index in [1.165, 1.54) is 5.56 Å². The molecule has 1 aliphatic rings. The molecule has 2 aromatic carbocycles. The highest BCUT2D eigenvalue weighted by atomic mass is 35.5. The van der Waals surface area contributed by atoms with Crippen LogP contribution in [0.3, 0.4) is 0 Å². The Morgan fingerprint density at radius 3 is 2.60 bits per heavy atom. The lowest BCUT2D eigenvalue weighted by molar-refractivity contribution is -0.116. The number of aromatic nitrogens is 2. The number of carbonyl (C=O) groups is 2. The van der Waals surface area contributed by atoms with E-state index >= 15 is 0 Å². The molecule has 9 heteroatoms. The summed E-state index contributed by atoms with van der Waals surface area (Å²) in [6, 6.07) is 15.9. The van der Waals surface area contributed by atoms with Crippen molar-refractivity contribution in [3.63, 3.8) is 0 Å². The molecule has 3 aromatic rings. The molecule has 0 N–H and O–H groups in total. The number of carbonyl (C=O) groups excluding carboxylic acids is 2. The highest BCUT2D eigenvalue weighted by Gasteiger charge is 2.26. The summed E-state index contributed by atoms with van der Waals surface area (Å²) < 4.78 is 4.02. The third kappa shape index (κ3) is 6.25. The minimum absolute atomic E-state index is 0.0276. The van der Waals surface area contributed by atoms with Gasteiger partial charge < -0.3 is 9.80 Å². The molecule has 0 unspecified atom stereocenters. The van der Waals surface area contributed by atoms with Crippen molar-refractivity contribution in [2.45, 2.75) is 39.8 Å². The number of rotatable bonds is 4. The standard InChI is InChI=1S/C26H30ClN5O2S/c1-3-23-25(35-29-28-23)26(34)31-15-14-30(17-20-8-5-4-6-9-20)12-7-13-32(19(2)33)24-11-10-22(27)16-21(24)18-31/h4-6,8-11,16H,3,7,12-15,17-18H2,1-2H3. The highest BCUT2D eigenvalue weighted by Crippen LogP contribution is 2.28. The third-order valence-corrected chi connectivity index (χ3v) is 7.23. The Bertz CT molecular complexity index is 1170. The van der Waals surface area contributed by atoms with Gasteiger partial charge in [-0.1, -0.05) is 53.3 Å². The van der Waals surface area contributed by atoms with Crippen molar-refractivity contribution in [1.29, 1.82) is 0 Å². The molecule has 2 heterocycles. The number of fused-ring (bicyclic) bond motifs is 1. The van der Waals surface area contributed by atoms with Crippen molar-refractivity contribution in [3.8, 4) is 0 Å². The molecule has 4 rings (SSSR count). The molecule has 0 radical (unpaired) electrons. The lowest BCUT2D eigenvalue weighted by Gasteiger charge is -2.28. The first kappa shape index (κ1) is 25.3. The van der Waals surface area contributed by atoms with Crippen LogP contribution in [0.25, 0.3) is 0 Å². The van der Waals surface area contributed by atoms with Gasteiger partial charge in [0.1, 0.15) is 4.88 Å². The topological polar surface area (TPSA) is 69.6 Å². The number of benzene rings is 2. The fraction of sp³-hybridized carbons (Fsp3) is 0.385. The van der Waals surface area contributed by atoms with Gasteiger partial charge in [-0.3, -0.25) is 14.5 Å². The molecule has 7 nitrogen and oxygen atoms in total. The minimum Gasteiger partial charge on any atom is -0.332 e. The second-order valence-electron chi connectivity index (χ2n) is 8.69. The summed E-state index contributed by atoms with van der Waals surface area (Å²) in [5.41, 5.74) is 3.59. The van der Waals surface area contributed by atoms with Crippen LogP contribution in [0.2, 0.25) is 5.02 Å². The maximum atomic E-state index is 13.7. The average molecular weight is 512 g/mol. The molecular formula is C26H30ClN5O2S. The second-order valence-corrected chi connectivity index (χ2v) is 9.88. The molecular weight excluding hydrogens is 482 g/mol. The number of aryl methyl sites for hydroxylation is 1. The average Bonchev–Trinajstić information content (AvgIpc) is 3.32. The van der Waals surface area contributed by atoms with Gasteiger partial charge >= 0.3 is 0 Å². The number of halogens is 1. The van der Waals surface area contributed by atoms with Crippen LogP contribution in [-0.2, 0) is 24.3 Å². The molecule has 1 aromatic heterocycles. The van der Waals surface area contributed by atoms with Crippen LogP contribution in [0.5, 0.6) is 0 Å². The number of hydrogen-bond acceptors (Lipinski definition) is 6. The molecule has 0 saturated heterocycles. The fourth-order valence-corrected chi connectivity index (χ4v) is 5.34. The largest absolute Gasteiger partial charge is 0.332 e. The first-order valence-electron chi connectivity index (χ1n) is 11.9. The van der Waals surface area contributed by atoms with Gasteiger partial charge in [0.25, 0.3) is 5.91 Å². The molecule has 0 spiro atoms. The smallest absolute Gasteiger partial charge is 0.267 e. The normalized spacial score (nSPS) is 15.4. The van der Waals surface area contributed by atoms with Gasteiger partial charge in [0, 0.05) is 56.9 Å². The van der Waals surface area contributed by atoms with Crippen LogP contribution in [0, 0.1) is 0 Å². The van der Waals surface area contributed by atoms with E-state index in [4.69, 9.17) is 11.6 Å². The summed E-state index contributed by atoms with van der Waals surface area (Å²) in [7, 11) is 0. The molecule has 0 bridgehead atoms. The Hall–Kier alpha value is -2.81. The molecule has 0 aliphatic carbocycles. The maximum absolute atomic E-state index is 13.7.